The summed E-state index contributed by atoms with van der Waals surface area (Å²) in [5, 5.41) is 22.9. The van der Waals surface area contributed by atoms with Crippen molar-refractivity contribution in [3.8, 4) is 17.2 Å². The third-order valence-electron chi connectivity index (χ3n) is 5.58. The van der Waals surface area contributed by atoms with Crippen molar-refractivity contribution in [3.05, 3.63) is 99.8 Å². The van der Waals surface area contributed by atoms with Gasteiger partial charge in [-0.05, 0) is 59.7 Å². The van der Waals surface area contributed by atoms with E-state index in [-0.39, 0.29) is 18.4 Å². The summed E-state index contributed by atoms with van der Waals surface area (Å²) in [6, 6.07) is 17.8. The number of phenols is 1. The number of methoxy groups -OCH3 is 1. The number of rotatable bonds is 6. The van der Waals surface area contributed by atoms with Gasteiger partial charge in [-0.3, -0.25) is 4.57 Å². The molecule has 2 N–H and O–H groups in total. The lowest BCUT2D eigenvalue weighted by Crippen LogP contribution is -2.20. The Morgan fingerprint density at radius 3 is 2.74 bits per heavy atom. The van der Waals surface area contributed by atoms with Crippen LogP contribution in [0.2, 0.25) is 10.0 Å². The number of nitrogens with zero attached hydrogens (tertiary/aromatic N) is 3. The molecule has 0 amide bonds. The first-order valence-electron chi connectivity index (χ1n) is 10.4. The average molecular weight is 495 g/mol. The van der Waals surface area contributed by atoms with Gasteiger partial charge in [0.05, 0.1) is 23.9 Å². The number of para-hydroxylation sites is 1. The van der Waals surface area contributed by atoms with E-state index in [1.165, 1.54) is 0 Å². The summed E-state index contributed by atoms with van der Waals surface area (Å²) >= 11 is 12.3. The topological polar surface area (TPSA) is 81.4 Å². The fourth-order valence-electron chi connectivity index (χ4n) is 3.90. The van der Waals surface area contributed by atoms with E-state index in [0.717, 1.165) is 16.8 Å². The van der Waals surface area contributed by atoms with E-state index in [2.05, 4.69) is 15.5 Å². The molecule has 1 aromatic heterocycles. The number of hydrogen-bond donors (Lipinski definition) is 2. The van der Waals surface area contributed by atoms with Crippen LogP contribution < -0.4 is 14.8 Å². The van der Waals surface area contributed by atoms with Crippen LogP contribution >= 0.6 is 23.2 Å². The molecule has 0 bridgehead atoms. The molecule has 1 aliphatic rings. The van der Waals surface area contributed by atoms with Gasteiger partial charge in [0.25, 0.3) is 0 Å². The molecule has 7 nitrogen and oxygen atoms in total. The van der Waals surface area contributed by atoms with Crippen molar-refractivity contribution in [2.45, 2.75) is 12.6 Å². The van der Waals surface area contributed by atoms with Crippen molar-refractivity contribution < 1.29 is 14.6 Å². The number of nitrogens with one attached hydrogen (secondary N) is 1. The molecule has 1 atom stereocenters. The van der Waals surface area contributed by atoms with Crippen LogP contribution in [0.15, 0.2) is 73.1 Å². The Kier molecular flexibility index (Phi) is 6.04. The molecular formula is C25H20Cl2N4O3. The van der Waals surface area contributed by atoms with E-state index in [1.807, 2.05) is 41.0 Å². The molecule has 5 rings (SSSR count). The summed E-state index contributed by atoms with van der Waals surface area (Å²) in [6.45, 7) is 0.245. The van der Waals surface area contributed by atoms with Crippen molar-refractivity contribution in [3.63, 3.8) is 0 Å². The minimum atomic E-state index is -0.258. The molecule has 1 unspecified atom stereocenters. The van der Waals surface area contributed by atoms with E-state index in [9.17, 15) is 5.11 Å². The monoisotopic (exact) mass is 494 g/mol. The molecule has 1 aliphatic heterocycles. The Hall–Kier alpha value is -3.68. The Bertz CT molecular complexity index is 1390. The van der Waals surface area contributed by atoms with E-state index >= 15 is 0 Å². The SMILES string of the molecule is COc1ccc(C2C=C(c3ccccc3O)Nc3nncn32)c(COc2ccc(Cl)cc2Cl)c1. The zero-order valence-electron chi connectivity index (χ0n) is 18.1. The number of hydrogen-bond acceptors (Lipinski definition) is 6. The zero-order chi connectivity index (χ0) is 23.7. The molecule has 34 heavy (non-hydrogen) atoms. The summed E-state index contributed by atoms with van der Waals surface area (Å²) in [5.41, 5.74) is 3.25. The minimum Gasteiger partial charge on any atom is -0.507 e. The number of aromatic nitrogens is 3. The summed E-state index contributed by atoms with van der Waals surface area (Å²) < 4.78 is 13.4. The van der Waals surface area contributed by atoms with E-state index < -0.39 is 0 Å². The predicted octanol–water partition coefficient (Wildman–Crippen LogP) is 5.93. The molecule has 9 heteroatoms. The van der Waals surface area contributed by atoms with Crippen LogP contribution in [0, 0.1) is 0 Å². The van der Waals surface area contributed by atoms with Crippen molar-refractivity contribution in [1.82, 2.24) is 14.8 Å². The largest absolute Gasteiger partial charge is 0.507 e. The smallest absolute Gasteiger partial charge is 0.229 e. The molecule has 3 aromatic carbocycles. The Balaban J connectivity index is 1.56. The molecular weight excluding hydrogens is 475 g/mol. The van der Waals surface area contributed by atoms with Crippen LogP contribution in [0.1, 0.15) is 22.7 Å². The summed E-state index contributed by atoms with van der Waals surface area (Å²) in [4.78, 5) is 0. The van der Waals surface area contributed by atoms with Gasteiger partial charge in [0.1, 0.15) is 30.2 Å². The normalized spacial score (nSPS) is 14.7. The van der Waals surface area contributed by atoms with Gasteiger partial charge in [-0.2, -0.15) is 0 Å². The van der Waals surface area contributed by atoms with Crippen molar-refractivity contribution >= 4 is 34.8 Å². The van der Waals surface area contributed by atoms with E-state index in [0.29, 0.717) is 33.1 Å². The van der Waals surface area contributed by atoms with Gasteiger partial charge in [-0.15, -0.1) is 10.2 Å². The van der Waals surface area contributed by atoms with Crippen LogP contribution in [-0.2, 0) is 6.61 Å². The molecule has 0 aliphatic carbocycles. The first kappa shape index (κ1) is 22.1. The number of aromatic hydroxyl groups is 1. The van der Waals surface area contributed by atoms with Crippen LogP contribution in [0.4, 0.5) is 5.95 Å². The lowest BCUT2D eigenvalue weighted by molar-refractivity contribution is 0.303. The molecule has 0 spiro atoms. The second-order valence-electron chi connectivity index (χ2n) is 7.66. The van der Waals surface area contributed by atoms with Crippen LogP contribution in [0.25, 0.3) is 5.70 Å². The summed E-state index contributed by atoms with van der Waals surface area (Å²) in [5.74, 6) is 1.96. The third-order valence-corrected chi connectivity index (χ3v) is 6.11. The number of anilines is 1. The summed E-state index contributed by atoms with van der Waals surface area (Å²) in [7, 11) is 1.62. The number of ether oxygens (including phenoxy) is 2. The van der Waals surface area contributed by atoms with Crippen LogP contribution in [0.3, 0.4) is 0 Å². The first-order valence-corrected chi connectivity index (χ1v) is 11.2. The molecule has 0 saturated heterocycles. The van der Waals surface area contributed by atoms with Gasteiger partial charge < -0.3 is 19.9 Å². The lowest BCUT2D eigenvalue weighted by Gasteiger charge is -2.27. The number of halogens is 2. The second kappa shape index (κ2) is 9.29. The van der Waals surface area contributed by atoms with Gasteiger partial charge in [0, 0.05) is 10.6 Å². The first-order chi connectivity index (χ1) is 16.5. The standard InChI is InChI=1S/C25H20Cl2N4O3/c1-33-17-7-8-18(15(10-17)13-34-24-9-6-16(26)11-20(24)27)22-12-21(19-4-2-3-5-23(19)32)29-25-30-28-14-31(22)25/h2-12,14,22,32H,13H2,1H3,(H,29,30). The maximum absolute atomic E-state index is 10.4. The number of phenolic OH excluding ortho intramolecular Hbond substituents is 1. The highest BCUT2D eigenvalue weighted by molar-refractivity contribution is 6.35. The molecule has 172 valence electrons. The van der Waals surface area contributed by atoms with Gasteiger partial charge in [0.15, 0.2) is 0 Å². The van der Waals surface area contributed by atoms with Gasteiger partial charge >= 0.3 is 0 Å². The maximum Gasteiger partial charge on any atom is 0.229 e. The highest BCUT2D eigenvalue weighted by Crippen LogP contribution is 2.37. The lowest BCUT2D eigenvalue weighted by atomic mass is 9.96. The third kappa shape index (κ3) is 4.27. The van der Waals surface area contributed by atoms with E-state index in [1.54, 1.807) is 43.8 Å². The number of fused-ring (bicyclic) bond motifs is 1. The molecule has 0 radical (unpaired) electrons. The highest BCUT2D eigenvalue weighted by Gasteiger charge is 2.26. The maximum atomic E-state index is 10.4. The number of benzene rings is 3. The van der Waals surface area contributed by atoms with Crippen molar-refractivity contribution in [1.29, 1.82) is 0 Å². The van der Waals surface area contributed by atoms with Gasteiger partial charge in [0.2, 0.25) is 5.95 Å². The minimum absolute atomic E-state index is 0.170. The molecule has 0 fully saturated rings. The Morgan fingerprint density at radius 2 is 1.94 bits per heavy atom. The zero-order valence-corrected chi connectivity index (χ0v) is 19.6. The quantitative estimate of drug-likeness (QED) is 0.345. The highest BCUT2D eigenvalue weighted by atomic mass is 35.5. The predicted molar refractivity (Wildman–Crippen MR) is 132 cm³/mol. The van der Waals surface area contributed by atoms with Crippen molar-refractivity contribution in [2.24, 2.45) is 0 Å². The molecule has 4 aromatic rings. The fraction of sp³-hybridized carbons (Fsp3) is 0.120. The second-order valence-corrected chi connectivity index (χ2v) is 8.50. The molecule has 2 heterocycles. The fourth-order valence-corrected chi connectivity index (χ4v) is 4.37. The van der Waals surface area contributed by atoms with Gasteiger partial charge in [-0.25, -0.2) is 0 Å². The number of allylic oxidation sites excluding steroid dienone is 1. The van der Waals surface area contributed by atoms with Gasteiger partial charge in [-0.1, -0.05) is 41.4 Å². The summed E-state index contributed by atoms with van der Waals surface area (Å²) in [6.07, 6.45) is 3.68. The average Bonchev–Trinajstić information content (AvgIpc) is 3.32. The Morgan fingerprint density at radius 1 is 1.09 bits per heavy atom. The molecule has 0 saturated carbocycles. The van der Waals surface area contributed by atoms with Crippen LogP contribution in [-0.4, -0.2) is 27.0 Å². The Labute approximate surface area is 206 Å². The van der Waals surface area contributed by atoms with Crippen LogP contribution in [0.5, 0.6) is 17.2 Å². The van der Waals surface area contributed by atoms with Crippen molar-refractivity contribution in [2.75, 3.05) is 12.4 Å². The van der Waals surface area contributed by atoms with E-state index in [4.69, 9.17) is 32.7 Å².